The average molecular weight is 247 g/mol. The Balaban J connectivity index is 1.88. The van der Waals surface area contributed by atoms with Gasteiger partial charge < -0.3 is 5.32 Å². The molecule has 1 atom stereocenters. The fourth-order valence-electron chi connectivity index (χ4n) is 3.12. The van der Waals surface area contributed by atoms with Crippen molar-refractivity contribution < 1.29 is 0 Å². The Kier molecular flexibility index (Phi) is 3.34. The summed E-state index contributed by atoms with van der Waals surface area (Å²) in [6.07, 6.45) is 11.7. The number of hydrogen-bond donors (Lipinski definition) is 1. The summed E-state index contributed by atoms with van der Waals surface area (Å²) in [7, 11) is 2.10. The van der Waals surface area contributed by atoms with Crippen molar-refractivity contribution in [1.82, 2.24) is 5.32 Å². The lowest BCUT2D eigenvalue weighted by Crippen LogP contribution is -2.16. The van der Waals surface area contributed by atoms with Crippen molar-refractivity contribution >= 4 is 11.3 Å². The largest absolute Gasteiger partial charge is 0.309 e. The topological polar surface area (TPSA) is 12.0 Å². The lowest BCUT2D eigenvalue weighted by molar-refractivity contribution is 0.664. The van der Waals surface area contributed by atoms with Gasteiger partial charge in [-0.1, -0.05) is 11.6 Å². The molecule has 17 heavy (non-hydrogen) atoms. The molecule has 1 unspecified atom stereocenters. The van der Waals surface area contributed by atoms with Crippen molar-refractivity contribution in [2.75, 3.05) is 7.05 Å². The van der Waals surface area contributed by atoms with Crippen LogP contribution in [0.25, 0.3) is 0 Å². The summed E-state index contributed by atoms with van der Waals surface area (Å²) in [6.45, 7) is 0. The van der Waals surface area contributed by atoms with Crippen LogP contribution in [0.1, 0.15) is 53.5 Å². The molecule has 0 saturated heterocycles. The van der Waals surface area contributed by atoms with E-state index >= 15 is 0 Å². The monoisotopic (exact) mass is 247 g/mol. The van der Waals surface area contributed by atoms with Crippen molar-refractivity contribution in [3.8, 4) is 0 Å². The van der Waals surface area contributed by atoms with E-state index in [1.165, 1.54) is 44.9 Å². The van der Waals surface area contributed by atoms with Crippen LogP contribution in [-0.2, 0) is 12.8 Å². The normalized spacial score (nSPS) is 21.1. The highest BCUT2D eigenvalue weighted by Crippen LogP contribution is 2.37. The first kappa shape index (κ1) is 11.5. The summed E-state index contributed by atoms with van der Waals surface area (Å²) in [4.78, 5) is 3.21. The minimum absolute atomic E-state index is 0.494. The standard InChI is InChI=1S/C15H21NS/c1-16-15(11-6-2-3-7-11)14-10-12-8-4-5-9-13(12)17-14/h6,10,15-16H,2-5,7-9H2,1H3. The van der Waals surface area contributed by atoms with E-state index in [1.807, 2.05) is 0 Å². The van der Waals surface area contributed by atoms with Crippen LogP contribution in [0.15, 0.2) is 17.7 Å². The molecule has 1 nitrogen and oxygen atoms in total. The zero-order valence-electron chi connectivity index (χ0n) is 10.6. The predicted octanol–water partition coefficient (Wildman–Crippen LogP) is 4.00. The third-order valence-corrected chi connectivity index (χ3v) is 5.34. The summed E-state index contributed by atoms with van der Waals surface area (Å²) in [6, 6.07) is 2.97. The molecule has 0 amide bonds. The molecule has 1 aromatic heterocycles. The Morgan fingerprint density at radius 1 is 1.18 bits per heavy atom. The second kappa shape index (κ2) is 4.95. The van der Waals surface area contributed by atoms with Gasteiger partial charge in [-0.15, -0.1) is 11.3 Å². The zero-order chi connectivity index (χ0) is 11.7. The van der Waals surface area contributed by atoms with Gasteiger partial charge in [-0.2, -0.15) is 0 Å². The number of thiophene rings is 1. The summed E-state index contributed by atoms with van der Waals surface area (Å²) in [5.41, 5.74) is 3.25. The number of fused-ring (bicyclic) bond motifs is 1. The van der Waals surface area contributed by atoms with Crippen LogP contribution in [-0.4, -0.2) is 7.05 Å². The van der Waals surface area contributed by atoms with Gasteiger partial charge in [0.25, 0.3) is 0 Å². The van der Waals surface area contributed by atoms with Crippen LogP contribution < -0.4 is 5.32 Å². The van der Waals surface area contributed by atoms with Crippen molar-refractivity contribution in [3.05, 3.63) is 33.0 Å². The molecule has 2 aliphatic carbocycles. The number of hydrogen-bond acceptors (Lipinski definition) is 2. The Labute approximate surface area is 108 Å². The first-order chi connectivity index (χ1) is 8.38. The van der Waals surface area contributed by atoms with Gasteiger partial charge in [-0.25, -0.2) is 0 Å². The highest BCUT2D eigenvalue weighted by Gasteiger charge is 2.22. The molecule has 0 fully saturated rings. The molecule has 1 N–H and O–H groups in total. The third kappa shape index (κ3) is 2.21. The summed E-state index contributed by atoms with van der Waals surface area (Å²) in [5.74, 6) is 0. The minimum atomic E-state index is 0.494. The Hall–Kier alpha value is -0.600. The van der Waals surface area contributed by atoms with Crippen molar-refractivity contribution in [2.24, 2.45) is 0 Å². The van der Waals surface area contributed by atoms with Gasteiger partial charge in [0.1, 0.15) is 0 Å². The quantitative estimate of drug-likeness (QED) is 0.796. The van der Waals surface area contributed by atoms with Crippen molar-refractivity contribution in [3.63, 3.8) is 0 Å². The number of rotatable bonds is 3. The van der Waals surface area contributed by atoms with Gasteiger partial charge in [0, 0.05) is 9.75 Å². The minimum Gasteiger partial charge on any atom is -0.309 e. The average Bonchev–Trinajstić information content (AvgIpc) is 2.98. The molecule has 2 aliphatic rings. The van der Waals surface area contributed by atoms with Crippen molar-refractivity contribution in [2.45, 2.75) is 51.0 Å². The van der Waals surface area contributed by atoms with Gasteiger partial charge in [-0.3, -0.25) is 0 Å². The second-order valence-corrected chi connectivity index (χ2v) is 6.37. The highest BCUT2D eigenvalue weighted by molar-refractivity contribution is 7.12. The van der Waals surface area contributed by atoms with Crippen molar-refractivity contribution in [1.29, 1.82) is 0 Å². The number of aryl methyl sites for hydroxylation is 2. The first-order valence-electron chi connectivity index (χ1n) is 6.86. The van der Waals surface area contributed by atoms with E-state index in [4.69, 9.17) is 0 Å². The lowest BCUT2D eigenvalue weighted by atomic mass is 9.97. The smallest absolute Gasteiger partial charge is 0.0628 e. The Morgan fingerprint density at radius 3 is 2.76 bits per heavy atom. The molecule has 0 bridgehead atoms. The van der Waals surface area contributed by atoms with Crippen LogP contribution in [0.2, 0.25) is 0 Å². The lowest BCUT2D eigenvalue weighted by Gasteiger charge is -2.15. The first-order valence-corrected chi connectivity index (χ1v) is 7.68. The van der Waals surface area contributed by atoms with Crippen LogP contribution in [0.4, 0.5) is 0 Å². The van der Waals surface area contributed by atoms with E-state index in [1.54, 1.807) is 20.9 Å². The maximum absolute atomic E-state index is 3.51. The maximum atomic E-state index is 3.51. The van der Waals surface area contributed by atoms with Gasteiger partial charge in [-0.05, 0) is 63.6 Å². The van der Waals surface area contributed by atoms with Crippen LogP contribution in [0.3, 0.4) is 0 Å². The van der Waals surface area contributed by atoms with E-state index in [9.17, 15) is 0 Å². The Morgan fingerprint density at radius 2 is 2.06 bits per heavy atom. The molecular weight excluding hydrogens is 226 g/mol. The van der Waals surface area contributed by atoms with Crippen LogP contribution in [0.5, 0.6) is 0 Å². The molecule has 1 aromatic rings. The van der Waals surface area contributed by atoms with E-state index in [-0.39, 0.29) is 0 Å². The van der Waals surface area contributed by atoms with Crippen LogP contribution >= 0.6 is 11.3 Å². The molecule has 0 aromatic carbocycles. The molecule has 0 radical (unpaired) electrons. The summed E-state index contributed by atoms with van der Waals surface area (Å²) in [5, 5.41) is 3.51. The third-order valence-electron chi connectivity index (χ3n) is 4.04. The van der Waals surface area contributed by atoms with Gasteiger partial charge in [0.05, 0.1) is 6.04 Å². The molecule has 92 valence electrons. The van der Waals surface area contributed by atoms with Gasteiger partial charge >= 0.3 is 0 Å². The number of allylic oxidation sites excluding steroid dienone is 1. The van der Waals surface area contributed by atoms with E-state index in [0.717, 1.165) is 0 Å². The van der Waals surface area contributed by atoms with Gasteiger partial charge in [0.2, 0.25) is 0 Å². The Bertz CT molecular complexity index is 407. The summed E-state index contributed by atoms with van der Waals surface area (Å²) < 4.78 is 0. The fraction of sp³-hybridized carbons (Fsp3) is 0.600. The molecule has 2 heteroatoms. The van der Waals surface area contributed by atoms with E-state index in [0.29, 0.717) is 6.04 Å². The summed E-state index contributed by atoms with van der Waals surface area (Å²) >= 11 is 2.05. The number of nitrogens with one attached hydrogen (secondary N) is 1. The molecule has 3 rings (SSSR count). The fourth-order valence-corrected chi connectivity index (χ4v) is 4.54. The highest BCUT2D eigenvalue weighted by atomic mass is 32.1. The van der Waals surface area contributed by atoms with Crippen LogP contribution in [0, 0.1) is 0 Å². The van der Waals surface area contributed by atoms with E-state index < -0.39 is 0 Å². The predicted molar refractivity (Wildman–Crippen MR) is 74.7 cm³/mol. The maximum Gasteiger partial charge on any atom is 0.0628 e. The van der Waals surface area contributed by atoms with Gasteiger partial charge in [0.15, 0.2) is 0 Å². The second-order valence-electron chi connectivity index (χ2n) is 5.20. The number of likely N-dealkylation sites (N-methyl/N-ethyl adjacent to an activating group) is 1. The molecular formula is C15H21NS. The molecule has 0 aliphatic heterocycles. The molecule has 0 saturated carbocycles. The van der Waals surface area contributed by atoms with E-state index in [2.05, 4.69) is 35.8 Å². The SMILES string of the molecule is CNC(C1=CCCC1)c1cc2c(s1)CCCC2. The zero-order valence-corrected chi connectivity index (χ0v) is 11.4. The molecule has 0 spiro atoms. The molecule has 1 heterocycles.